The van der Waals surface area contributed by atoms with Gasteiger partial charge in [0.25, 0.3) is 0 Å². The van der Waals surface area contributed by atoms with E-state index >= 15 is 0 Å². The van der Waals surface area contributed by atoms with Crippen molar-refractivity contribution in [3.63, 3.8) is 0 Å². The predicted molar refractivity (Wildman–Crippen MR) is 176 cm³/mol. The van der Waals surface area contributed by atoms with Gasteiger partial charge in [0.1, 0.15) is 0 Å². The van der Waals surface area contributed by atoms with Crippen LogP contribution >= 0.6 is 0 Å². The SMILES string of the molecule is CCCCCCCCC=CCCCCCCC(CCCCCCCCC=CCCCCCCCC(=O)O)C(=O)OC. The lowest BCUT2D eigenvalue weighted by Gasteiger charge is -2.14. The molecule has 0 aliphatic rings. The van der Waals surface area contributed by atoms with Crippen molar-refractivity contribution >= 4 is 11.9 Å². The van der Waals surface area contributed by atoms with Gasteiger partial charge in [-0.15, -0.1) is 0 Å². The molecule has 0 bridgehead atoms. The van der Waals surface area contributed by atoms with Crippen LogP contribution < -0.4 is 0 Å². The van der Waals surface area contributed by atoms with E-state index in [0.717, 1.165) is 51.4 Å². The number of carboxylic acids is 1. The first-order valence-electron chi connectivity index (χ1n) is 17.7. The van der Waals surface area contributed by atoms with Gasteiger partial charge in [-0.1, -0.05) is 134 Å². The Balaban J connectivity index is 3.59. The van der Waals surface area contributed by atoms with Gasteiger partial charge in [-0.25, -0.2) is 0 Å². The Hall–Kier alpha value is -1.58. The lowest BCUT2D eigenvalue weighted by Crippen LogP contribution is -2.16. The van der Waals surface area contributed by atoms with Crippen LogP contribution in [0.1, 0.15) is 187 Å². The Labute approximate surface area is 255 Å². The summed E-state index contributed by atoms with van der Waals surface area (Å²) in [6.07, 6.45) is 42.5. The number of methoxy groups -OCH3 is 1. The molecule has 0 aromatic carbocycles. The molecule has 0 heterocycles. The summed E-state index contributed by atoms with van der Waals surface area (Å²) in [6, 6.07) is 0. The van der Waals surface area contributed by atoms with Crippen LogP contribution in [-0.2, 0) is 14.3 Å². The van der Waals surface area contributed by atoms with E-state index in [1.165, 1.54) is 129 Å². The van der Waals surface area contributed by atoms with Gasteiger partial charge in [-0.05, 0) is 70.6 Å². The lowest BCUT2D eigenvalue weighted by atomic mass is 9.94. The highest BCUT2D eigenvalue weighted by Gasteiger charge is 2.18. The molecule has 0 fully saturated rings. The molecule has 0 aliphatic heterocycles. The predicted octanol–water partition coefficient (Wildman–Crippen LogP) is 11.9. The molecular formula is C37H68O4. The van der Waals surface area contributed by atoms with Crippen molar-refractivity contribution < 1.29 is 19.4 Å². The summed E-state index contributed by atoms with van der Waals surface area (Å²) >= 11 is 0. The van der Waals surface area contributed by atoms with Gasteiger partial charge in [0.05, 0.1) is 13.0 Å². The van der Waals surface area contributed by atoms with Crippen molar-refractivity contribution in [2.24, 2.45) is 5.92 Å². The number of carbonyl (C=O) groups excluding carboxylic acids is 1. The van der Waals surface area contributed by atoms with Gasteiger partial charge in [0.15, 0.2) is 0 Å². The number of ether oxygens (including phenoxy) is 1. The molecule has 1 unspecified atom stereocenters. The van der Waals surface area contributed by atoms with E-state index in [-0.39, 0.29) is 11.9 Å². The summed E-state index contributed by atoms with van der Waals surface area (Å²) in [4.78, 5) is 22.7. The molecule has 0 radical (unpaired) electrons. The summed E-state index contributed by atoms with van der Waals surface area (Å²) < 4.78 is 5.10. The fourth-order valence-corrected chi connectivity index (χ4v) is 5.50. The Kier molecular flexibility index (Phi) is 31.7. The third kappa shape index (κ3) is 31.2. The number of allylic oxidation sites excluding steroid dienone is 4. The van der Waals surface area contributed by atoms with Crippen LogP contribution in [0, 0.1) is 5.92 Å². The quantitative estimate of drug-likeness (QED) is 0.0491. The molecule has 4 heteroatoms. The van der Waals surface area contributed by atoms with Crippen LogP contribution in [-0.4, -0.2) is 24.2 Å². The number of rotatable bonds is 32. The van der Waals surface area contributed by atoms with Crippen LogP contribution in [0.25, 0.3) is 0 Å². The zero-order valence-electron chi connectivity index (χ0n) is 27.4. The number of unbranched alkanes of at least 4 members (excludes halogenated alkanes) is 21. The second-order valence-corrected chi connectivity index (χ2v) is 12.1. The van der Waals surface area contributed by atoms with Crippen molar-refractivity contribution in [2.75, 3.05) is 7.11 Å². The Morgan fingerprint density at radius 1 is 0.537 bits per heavy atom. The summed E-state index contributed by atoms with van der Waals surface area (Å²) in [5.74, 6) is -0.594. The standard InChI is InChI=1S/C37H68O4/c1-3-4-5-6-7-8-9-10-14-17-20-23-26-29-32-35(37(40)41-2)33-30-27-24-21-18-15-12-11-13-16-19-22-25-28-31-34-36(38)39/h10-11,13-14,35H,3-9,12,15-34H2,1-2H3,(H,38,39). The summed E-state index contributed by atoms with van der Waals surface area (Å²) in [5, 5.41) is 8.64. The second-order valence-electron chi connectivity index (χ2n) is 12.1. The normalized spacial score (nSPS) is 12.4. The number of carboxylic acid groups (broad SMARTS) is 1. The first-order chi connectivity index (χ1) is 20.1. The molecule has 1 N–H and O–H groups in total. The Morgan fingerprint density at radius 3 is 1.24 bits per heavy atom. The number of esters is 1. The van der Waals surface area contributed by atoms with Crippen molar-refractivity contribution in [1.29, 1.82) is 0 Å². The van der Waals surface area contributed by atoms with Gasteiger partial charge in [-0.2, -0.15) is 0 Å². The molecule has 0 aromatic rings. The summed E-state index contributed by atoms with van der Waals surface area (Å²) in [5.41, 5.74) is 0. The van der Waals surface area contributed by atoms with E-state index in [2.05, 4.69) is 31.2 Å². The van der Waals surface area contributed by atoms with E-state index in [1.54, 1.807) is 0 Å². The van der Waals surface area contributed by atoms with Crippen molar-refractivity contribution in [2.45, 2.75) is 187 Å². The van der Waals surface area contributed by atoms with Crippen molar-refractivity contribution in [3.05, 3.63) is 24.3 Å². The smallest absolute Gasteiger partial charge is 0.308 e. The Morgan fingerprint density at radius 2 is 0.878 bits per heavy atom. The monoisotopic (exact) mass is 577 g/mol. The minimum absolute atomic E-state index is 0.00685. The zero-order chi connectivity index (χ0) is 30.1. The van der Waals surface area contributed by atoms with Gasteiger partial charge < -0.3 is 9.84 Å². The average molecular weight is 577 g/mol. The molecule has 0 aliphatic carbocycles. The molecule has 0 saturated carbocycles. The molecule has 240 valence electrons. The number of hydrogen-bond donors (Lipinski definition) is 1. The molecule has 0 rings (SSSR count). The fraction of sp³-hybridized carbons (Fsp3) is 0.838. The van der Waals surface area contributed by atoms with Gasteiger partial charge in [-0.3, -0.25) is 9.59 Å². The highest BCUT2D eigenvalue weighted by atomic mass is 16.5. The van der Waals surface area contributed by atoms with E-state index < -0.39 is 5.97 Å². The fourth-order valence-electron chi connectivity index (χ4n) is 5.50. The maximum Gasteiger partial charge on any atom is 0.308 e. The van der Waals surface area contributed by atoms with Crippen molar-refractivity contribution in [1.82, 2.24) is 0 Å². The van der Waals surface area contributed by atoms with E-state index in [4.69, 9.17) is 9.84 Å². The molecule has 0 spiro atoms. The third-order valence-electron chi connectivity index (χ3n) is 8.20. The molecule has 0 saturated heterocycles. The first-order valence-corrected chi connectivity index (χ1v) is 17.7. The van der Waals surface area contributed by atoms with Crippen molar-refractivity contribution in [3.8, 4) is 0 Å². The second kappa shape index (κ2) is 32.9. The van der Waals surface area contributed by atoms with Crippen LogP contribution in [0.5, 0.6) is 0 Å². The van der Waals surface area contributed by atoms with E-state index in [0.29, 0.717) is 6.42 Å². The van der Waals surface area contributed by atoms with Gasteiger partial charge >= 0.3 is 11.9 Å². The molecule has 0 aromatic heterocycles. The topological polar surface area (TPSA) is 63.6 Å². The minimum Gasteiger partial charge on any atom is -0.481 e. The molecule has 41 heavy (non-hydrogen) atoms. The molecular weight excluding hydrogens is 508 g/mol. The number of hydrogen-bond acceptors (Lipinski definition) is 3. The van der Waals surface area contributed by atoms with Crippen LogP contribution in [0.4, 0.5) is 0 Å². The maximum atomic E-state index is 12.2. The lowest BCUT2D eigenvalue weighted by molar-refractivity contribution is -0.146. The third-order valence-corrected chi connectivity index (χ3v) is 8.20. The van der Waals surface area contributed by atoms with E-state index in [9.17, 15) is 9.59 Å². The number of aliphatic carboxylic acids is 1. The van der Waals surface area contributed by atoms with Crippen LogP contribution in [0.15, 0.2) is 24.3 Å². The summed E-state index contributed by atoms with van der Waals surface area (Å²) in [7, 11) is 1.53. The molecule has 0 amide bonds. The largest absolute Gasteiger partial charge is 0.481 e. The highest BCUT2D eigenvalue weighted by Crippen LogP contribution is 2.21. The highest BCUT2D eigenvalue weighted by molar-refractivity contribution is 5.72. The number of carbonyl (C=O) groups is 2. The van der Waals surface area contributed by atoms with Gasteiger partial charge in [0.2, 0.25) is 0 Å². The zero-order valence-corrected chi connectivity index (χ0v) is 27.4. The van der Waals surface area contributed by atoms with Crippen LogP contribution in [0.3, 0.4) is 0 Å². The first kappa shape index (κ1) is 39.4. The Bertz CT molecular complexity index is 624. The molecule has 1 atom stereocenters. The van der Waals surface area contributed by atoms with Crippen LogP contribution in [0.2, 0.25) is 0 Å². The summed E-state index contributed by atoms with van der Waals surface area (Å²) in [6.45, 7) is 2.27. The maximum absolute atomic E-state index is 12.2. The van der Waals surface area contributed by atoms with Gasteiger partial charge in [0, 0.05) is 6.42 Å². The average Bonchev–Trinajstić information content (AvgIpc) is 2.97. The minimum atomic E-state index is -0.677. The molecule has 4 nitrogen and oxygen atoms in total. The van der Waals surface area contributed by atoms with E-state index in [1.807, 2.05) is 0 Å².